The summed E-state index contributed by atoms with van der Waals surface area (Å²) in [5.41, 5.74) is 4.57. The van der Waals surface area contributed by atoms with Crippen molar-refractivity contribution in [2.24, 2.45) is 5.73 Å². The first kappa shape index (κ1) is 26.4. The summed E-state index contributed by atoms with van der Waals surface area (Å²) in [7, 11) is -4.39. The van der Waals surface area contributed by atoms with Gasteiger partial charge in [0.15, 0.2) is 0 Å². The standard InChI is InChI=1S/C23H23ClFN7O4S/c1-23(2,3)32-29-21(28-30-32)15-8-18-19(9-16(15)25)37(35,36)12-17(27-20(33)10-26)22(34)31(18)11-13-4-6-14(24)7-5-13/h4-9,12H,10-11,26H2,1-3H3,(H,27,33). The molecule has 11 nitrogen and oxygen atoms in total. The van der Waals surface area contributed by atoms with E-state index in [0.717, 1.165) is 11.0 Å². The van der Waals surface area contributed by atoms with Crippen LogP contribution >= 0.6 is 11.6 Å². The van der Waals surface area contributed by atoms with Crippen LogP contribution in [0.1, 0.15) is 26.3 Å². The lowest BCUT2D eigenvalue weighted by Crippen LogP contribution is -2.39. The molecule has 0 saturated heterocycles. The highest BCUT2D eigenvalue weighted by molar-refractivity contribution is 7.94. The monoisotopic (exact) mass is 547 g/mol. The van der Waals surface area contributed by atoms with Crippen LogP contribution in [0, 0.1) is 5.82 Å². The molecule has 2 amide bonds. The Morgan fingerprint density at radius 1 is 1.19 bits per heavy atom. The second kappa shape index (κ2) is 9.65. The van der Waals surface area contributed by atoms with Gasteiger partial charge in [0.2, 0.25) is 21.6 Å². The number of anilines is 1. The summed E-state index contributed by atoms with van der Waals surface area (Å²) in [5.74, 6) is -2.65. The van der Waals surface area contributed by atoms with Gasteiger partial charge in [-0.25, -0.2) is 12.8 Å². The van der Waals surface area contributed by atoms with Gasteiger partial charge in [0.1, 0.15) is 11.5 Å². The average Bonchev–Trinajstić information content (AvgIpc) is 3.31. The van der Waals surface area contributed by atoms with Crippen molar-refractivity contribution < 1.29 is 22.4 Å². The number of carbonyl (C=O) groups excluding carboxylic acids is 2. The molecule has 14 heteroatoms. The van der Waals surface area contributed by atoms with E-state index in [9.17, 15) is 18.0 Å². The Hall–Kier alpha value is -3.68. The SMILES string of the molecule is CC(C)(C)n1nnc(-c2cc3c(cc2F)S(=O)(=O)C=C(NC(=O)CN)C(=O)N3Cc2ccc(Cl)cc2)n1. The molecule has 0 bridgehead atoms. The predicted octanol–water partition coefficient (Wildman–Crippen LogP) is 2.12. The zero-order valence-corrected chi connectivity index (χ0v) is 21.6. The quantitative estimate of drug-likeness (QED) is 0.492. The van der Waals surface area contributed by atoms with Crippen molar-refractivity contribution in [1.29, 1.82) is 0 Å². The minimum Gasteiger partial charge on any atom is -0.322 e. The number of aromatic nitrogens is 4. The summed E-state index contributed by atoms with van der Waals surface area (Å²) in [6.07, 6.45) is 0. The van der Waals surface area contributed by atoms with E-state index in [0.29, 0.717) is 16.0 Å². The maximum Gasteiger partial charge on any atom is 0.275 e. The minimum absolute atomic E-state index is 0.0969. The van der Waals surface area contributed by atoms with Crippen molar-refractivity contribution in [3.8, 4) is 11.4 Å². The van der Waals surface area contributed by atoms with E-state index in [-0.39, 0.29) is 23.6 Å². The number of fused-ring (bicyclic) bond motifs is 1. The molecule has 1 aliphatic rings. The van der Waals surface area contributed by atoms with Crippen molar-refractivity contribution in [1.82, 2.24) is 25.5 Å². The fourth-order valence-electron chi connectivity index (χ4n) is 3.50. The van der Waals surface area contributed by atoms with Crippen molar-refractivity contribution >= 4 is 38.9 Å². The fraction of sp³-hybridized carbons (Fsp3) is 0.261. The van der Waals surface area contributed by atoms with E-state index >= 15 is 4.39 Å². The van der Waals surface area contributed by atoms with Gasteiger partial charge in [0, 0.05) is 5.02 Å². The second-order valence-corrected chi connectivity index (χ2v) is 11.4. The highest BCUT2D eigenvalue weighted by atomic mass is 35.5. The Labute approximate surface area is 217 Å². The number of hydrogen-bond acceptors (Lipinski definition) is 8. The summed E-state index contributed by atoms with van der Waals surface area (Å²) in [4.78, 5) is 27.4. The van der Waals surface area contributed by atoms with Crippen molar-refractivity contribution in [2.75, 3.05) is 11.4 Å². The fourth-order valence-corrected chi connectivity index (χ4v) is 4.95. The van der Waals surface area contributed by atoms with Crippen LogP contribution < -0.4 is 16.0 Å². The normalized spacial score (nSPS) is 15.1. The predicted molar refractivity (Wildman–Crippen MR) is 133 cm³/mol. The van der Waals surface area contributed by atoms with Gasteiger partial charge in [-0.15, -0.1) is 10.2 Å². The van der Waals surface area contributed by atoms with Gasteiger partial charge in [-0.1, -0.05) is 23.7 Å². The van der Waals surface area contributed by atoms with Gasteiger partial charge in [-0.2, -0.15) is 4.80 Å². The first-order valence-corrected chi connectivity index (χ1v) is 12.9. The molecule has 1 aliphatic heterocycles. The Bertz CT molecular complexity index is 1530. The molecule has 3 aromatic rings. The van der Waals surface area contributed by atoms with E-state index in [1.165, 1.54) is 10.9 Å². The largest absolute Gasteiger partial charge is 0.322 e. The molecule has 2 aromatic carbocycles. The lowest BCUT2D eigenvalue weighted by Gasteiger charge is -2.24. The molecule has 194 valence electrons. The number of benzene rings is 2. The van der Waals surface area contributed by atoms with Crippen LogP contribution in [0.25, 0.3) is 11.4 Å². The highest BCUT2D eigenvalue weighted by Gasteiger charge is 2.35. The van der Waals surface area contributed by atoms with Crippen LogP contribution in [0.5, 0.6) is 0 Å². The first-order chi connectivity index (χ1) is 17.3. The molecule has 0 saturated carbocycles. The highest BCUT2D eigenvalue weighted by Crippen LogP contribution is 2.37. The number of carbonyl (C=O) groups is 2. The van der Waals surface area contributed by atoms with E-state index in [2.05, 4.69) is 20.7 Å². The Kier molecular flexibility index (Phi) is 6.88. The first-order valence-electron chi connectivity index (χ1n) is 11.0. The molecule has 0 spiro atoms. The maximum absolute atomic E-state index is 15.3. The smallest absolute Gasteiger partial charge is 0.275 e. The summed E-state index contributed by atoms with van der Waals surface area (Å²) in [6.45, 7) is 4.87. The third-order valence-corrected chi connectivity index (χ3v) is 7.10. The summed E-state index contributed by atoms with van der Waals surface area (Å²) in [6, 6.07) is 8.49. The van der Waals surface area contributed by atoms with Crippen molar-refractivity contribution in [2.45, 2.75) is 37.8 Å². The van der Waals surface area contributed by atoms with Crippen LogP contribution in [0.15, 0.2) is 52.4 Å². The van der Waals surface area contributed by atoms with Crippen LogP contribution in [-0.2, 0) is 31.5 Å². The Morgan fingerprint density at radius 2 is 1.86 bits per heavy atom. The minimum atomic E-state index is -4.39. The zero-order valence-electron chi connectivity index (χ0n) is 20.1. The molecule has 3 N–H and O–H groups in total. The molecule has 2 heterocycles. The van der Waals surface area contributed by atoms with E-state index in [1.807, 2.05) is 20.8 Å². The molecular weight excluding hydrogens is 525 g/mol. The van der Waals surface area contributed by atoms with E-state index in [1.54, 1.807) is 24.3 Å². The number of nitrogens with zero attached hydrogens (tertiary/aromatic N) is 5. The second-order valence-electron chi connectivity index (χ2n) is 9.22. The van der Waals surface area contributed by atoms with E-state index < -0.39 is 50.1 Å². The van der Waals surface area contributed by atoms with Crippen LogP contribution in [0.4, 0.5) is 10.1 Å². The number of tetrazole rings is 1. The van der Waals surface area contributed by atoms with Gasteiger partial charge >= 0.3 is 0 Å². The molecule has 4 rings (SSSR count). The third kappa shape index (κ3) is 5.38. The lowest BCUT2D eigenvalue weighted by molar-refractivity contribution is -0.122. The Morgan fingerprint density at radius 3 is 2.46 bits per heavy atom. The number of hydrogen-bond donors (Lipinski definition) is 2. The van der Waals surface area contributed by atoms with Crippen LogP contribution in [0.3, 0.4) is 0 Å². The summed E-state index contributed by atoms with van der Waals surface area (Å²) >= 11 is 5.97. The number of sulfone groups is 1. The molecule has 0 radical (unpaired) electrons. The number of nitrogens with two attached hydrogens (primary N) is 1. The molecule has 37 heavy (non-hydrogen) atoms. The summed E-state index contributed by atoms with van der Waals surface area (Å²) in [5, 5.41) is 15.4. The van der Waals surface area contributed by atoms with Gasteiger partial charge in [-0.05, 0) is 55.8 Å². The number of halogens is 2. The molecular formula is C23H23ClFN7O4S. The van der Waals surface area contributed by atoms with Crippen molar-refractivity contribution in [3.05, 3.63) is 63.9 Å². The molecule has 0 unspecified atom stereocenters. The molecule has 1 aromatic heterocycles. The maximum atomic E-state index is 15.3. The zero-order chi connectivity index (χ0) is 27.1. The van der Waals surface area contributed by atoms with Crippen molar-refractivity contribution in [3.63, 3.8) is 0 Å². The summed E-state index contributed by atoms with van der Waals surface area (Å²) < 4.78 is 41.8. The van der Waals surface area contributed by atoms with E-state index in [4.69, 9.17) is 17.3 Å². The number of nitrogens with one attached hydrogen (secondary N) is 1. The van der Waals surface area contributed by atoms with Crippen LogP contribution in [0.2, 0.25) is 5.02 Å². The van der Waals surface area contributed by atoms with Crippen LogP contribution in [-0.4, -0.2) is 47.0 Å². The average molecular weight is 548 g/mol. The van der Waals surface area contributed by atoms with Gasteiger partial charge in [-0.3, -0.25) is 9.59 Å². The molecule has 0 aliphatic carbocycles. The molecule has 0 atom stereocenters. The lowest BCUT2D eigenvalue weighted by atomic mass is 10.1. The van der Waals surface area contributed by atoms with Gasteiger partial charge in [0.25, 0.3) is 5.91 Å². The number of rotatable bonds is 5. The van der Waals surface area contributed by atoms with Gasteiger partial charge in [0.05, 0.1) is 40.2 Å². The Balaban J connectivity index is 1.92. The number of amides is 2. The third-order valence-electron chi connectivity index (χ3n) is 5.36. The topological polar surface area (TPSA) is 153 Å². The molecule has 0 fully saturated rings. The van der Waals surface area contributed by atoms with Gasteiger partial charge < -0.3 is 16.0 Å².